The largest absolute Gasteiger partial charge is 0.309 e. The molecule has 3 rings (SSSR count). The number of hydrogen-bond acceptors (Lipinski definition) is 5. The van der Waals surface area contributed by atoms with Gasteiger partial charge in [-0.1, -0.05) is 0 Å². The standard InChI is InChI=1S/C13H20N4OS/c1-16-4-3-5-17(2)11(6-16)12-14-10-8-19-7-9(10)13(18)15-12/h11H,3-8H2,1-2H3,(H,14,15,18). The van der Waals surface area contributed by atoms with E-state index in [1.165, 1.54) is 0 Å². The first-order valence-corrected chi connectivity index (χ1v) is 7.89. The molecule has 0 aromatic carbocycles. The predicted octanol–water partition coefficient (Wildman–Crippen LogP) is 0.825. The van der Waals surface area contributed by atoms with E-state index in [0.29, 0.717) is 0 Å². The smallest absolute Gasteiger partial charge is 0.255 e. The lowest BCUT2D eigenvalue weighted by Crippen LogP contribution is -2.33. The Labute approximate surface area is 117 Å². The molecule has 0 saturated carbocycles. The van der Waals surface area contributed by atoms with E-state index in [1.807, 2.05) is 0 Å². The molecule has 0 aliphatic carbocycles. The minimum atomic E-state index is 0.0605. The van der Waals surface area contributed by atoms with Gasteiger partial charge in [-0.25, -0.2) is 4.98 Å². The van der Waals surface area contributed by atoms with Crippen molar-refractivity contribution in [3.63, 3.8) is 0 Å². The SMILES string of the molecule is CN1CCCN(C)C(c2nc3c(c(=O)[nH]2)CSC3)C1. The average molecular weight is 280 g/mol. The Morgan fingerprint density at radius 2 is 2.16 bits per heavy atom. The highest BCUT2D eigenvalue weighted by Gasteiger charge is 2.26. The van der Waals surface area contributed by atoms with Crippen LogP contribution in [0, 0.1) is 0 Å². The molecule has 1 unspecified atom stereocenters. The topological polar surface area (TPSA) is 52.2 Å². The number of rotatable bonds is 1. The summed E-state index contributed by atoms with van der Waals surface area (Å²) in [5.74, 6) is 2.51. The predicted molar refractivity (Wildman–Crippen MR) is 77.3 cm³/mol. The van der Waals surface area contributed by atoms with Crippen LogP contribution in [-0.2, 0) is 11.5 Å². The molecule has 5 nitrogen and oxygen atoms in total. The van der Waals surface area contributed by atoms with Crippen LogP contribution >= 0.6 is 11.8 Å². The van der Waals surface area contributed by atoms with Crippen molar-refractivity contribution in [2.45, 2.75) is 24.0 Å². The lowest BCUT2D eigenvalue weighted by molar-refractivity contribution is 0.219. The molecule has 1 aromatic rings. The summed E-state index contributed by atoms with van der Waals surface area (Å²) < 4.78 is 0. The number of hydrogen-bond donors (Lipinski definition) is 1. The van der Waals surface area contributed by atoms with Crippen molar-refractivity contribution >= 4 is 11.8 Å². The van der Waals surface area contributed by atoms with Gasteiger partial charge in [-0.15, -0.1) is 0 Å². The van der Waals surface area contributed by atoms with Gasteiger partial charge in [0.1, 0.15) is 5.82 Å². The number of nitrogens with zero attached hydrogens (tertiary/aromatic N) is 3. The van der Waals surface area contributed by atoms with Gasteiger partial charge in [0.05, 0.1) is 11.7 Å². The van der Waals surface area contributed by atoms with Gasteiger partial charge in [0, 0.05) is 23.6 Å². The Kier molecular flexibility index (Phi) is 3.64. The third-order valence-electron chi connectivity index (χ3n) is 3.99. The van der Waals surface area contributed by atoms with Gasteiger partial charge >= 0.3 is 0 Å². The maximum Gasteiger partial charge on any atom is 0.255 e. The molecular formula is C13H20N4OS. The lowest BCUT2D eigenvalue weighted by Gasteiger charge is -2.26. The van der Waals surface area contributed by atoms with Crippen molar-refractivity contribution in [2.75, 3.05) is 33.7 Å². The molecule has 1 atom stereocenters. The van der Waals surface area contributed by atoms with Crippen LogP contribution in [0.1, 0.15) is 29.5 Å². The van der Waals surface area contributed by atoms with Crippen LogP contribution in [0.4, 0.5) is 0 Å². The van der Waals surface area contributed by atoms with E-state index in [4.69, 9.17) is 4.98 Å². The fourth-order valence-corrected chi connectivity index (χ4v) is 3.84. The van der Waals surface area contributed by atoms with E-state index in [1.54, 1.807) is 11.8 Å². The Morgan fingerprint density at radius 1 is 1.32 bits per heavy atom. The van der Waals surface area contributed by atoms with E-state index in [9.17, 15) is 4.79 Å². The molecule has 0 bridgehead atoms. The monoisotopic (exact) mass is 280 g/mol. The van der Waals surface area contributed by atoms with Crippen LogP contribution in [0.15, 0.2) is 4.79 Å². The van der Waals surface area contributed by atoms with Gasteiger partial charge < -0.3 is 9.88 Å². The average Bonchev–Trinajstić information content (AvgIpc) is 2.77. The summed E-state index contributed by atoms with van der Waals surface area (Å²) in [6.07, 6.45) is 1.16. The van der Waals surface area contributed by atoms with Gasteiger partial charge in [0.15, 0.2) is 0 Å². The molecule has 0 amide bonds. The fourth-order valence-electron chi connectivity index (χ4n) is 2.81. The Bertz CT molecular complexity index is 530. The van der Waals surface area contributed by atoms with E-state index < -0.39 is 0 Å². The molecule has 6 heteroatoms. The highest BCUT2D eigenvalue weighted by molar-refractivity contribution is 7.98. The van der Waals surface area contributed by atoms with Crippen LogP contribution in [0.25, 0.3) is 0 Å². The Morgan fingerprint density at radius 3 is 3.00 bits per heavy atom. The van der Waals surface area contributed by atoms with Gasteiger partial charge in [-0.05, 0) is 33.6 Å². The summed E-state index contributed by atoms with van der Waals surface area (Å²) >= 11 is 1.77. The Balaban J connectivity index is 1.96. The third kappa shape index (κ3) is 2.57. The van der Waals surface area contributed by atoms with Gasteiger partial charge in [-0.3, -0.25) is 9.69 Å². The van der Waals surface area contributed by atoms with Crippen molar-refractivity contribution in [1.82, 2.24) is 19.8 Å². The second kappa shape index (κ2) is 5.26. The minimum Gasteiger partial charge on any atom is -0.309 e. The van der Waals surface area contributed by atoms with Crippen molar-refractivity contribution in [2.24, 2.45) is 0 Å². The maximum atomic E-state index is 12.1. The molecule has 1 fully saturated rings. The van der Waals surface area contributed by atoms with Crippen molar-refractivity contribution in [1.29, 1.82) is 0 Å². The van der Waals surface area contributed by atoms with Crippen molar-refractivity contribution in [3.05, 3.63) is 27.4 Å². The molecule has 3 heterocycles. The van der Waals surface area contributed by atoms with Crippen LogP contribution in [0.2, 0.25) is 0 Å². The van der Waals surface area contributed by atoms with Crippen LogP contribution < -0.4 is 5.56 Å². The van der Waals surface area contributed by atoms with Crippen molar-refractivity contribution in [3.8, 4) is 0 Å². The normalized spacial score (nSPS) is 25.3. The van der Waals surface area contributed by atoms with E-state index >= 15 is 0 Å². The molecule has 104 valence electrons. The molecule has 2 aliphatic heterocycles. The fraction of sp³-hybridized carbons (Fsp3) is 0.692. The number of aromatic nitrogens is 2. The third-order valence-corrected chi connectivity index (χ3v) is 4.96. The highest BCUT2D eigenvalue weighted by Crippen LogP contribution is 2.27. The van der Waals surface area contributed by atoms with Gasteiger partial charge in [-0.2, -0.15) is 11.8 Å². The van der Waals surface area contributed by atoms with Gasteiger partial charge in [0.25, 0.3) is 5.56 Å². The van der Waals surface area contributed by atoms with E-state index in [2.05, 4.69) is 28.9 Å². The number of aromatic amines is 1. The summed E-state index contributed by atoms with van der Waals surface area (Å²) in [6, 6.07) is 0.191. The molecule has 1 aromatic heterocycles. The number of nitrogens with one attached hydrogen (secondary N) is 1. The first kappa shape index (κ1) is 13.1. The summed E-state index contributed by atoms with van der Waals surface area (Å²) in [6.45, 7) is 3.07. The first-order valence-electron chi connectivity index (χ1n) is 6.73. The zero-order valence-corrected chi connectivity index (χ0v) is 12.3. The molecule has 2 aliphatic rings. The second-order valence-corrected chi connectivity index (χ2v) is 6.47. The Hall–Kier alpha value is -0.850. The summed E-state index contributed by atoms with van der Waals surface area (Å²) in [4.78, 5) is 24.5. The number of H-pyrrole nitrogens is 1. The summed E-state index contributed by atoms with van der Waals surface area (Å²) in [5.41, 5.74) is 1.92. The molecular weight excluding hydrogens is 260 g/mol. The van der Waals surface area contributed by atoms with Crippen molar-refractivity contribution < 1.29 is 0 Å². The molecule has 0 spiro atoms. The second-order valence-electron chi connectivity index (χ2n) is 5.48. The molecule has 0 radical (unpaired) electrons. The number of thioether (sulfide) groups is 1. The quantitative estimate of drug-likeness (QED) is 0.825. The zero-order chi connectivity index (χ0) is 13.4. The highest BCUT2D eigenvalue weighted by atomic mass is 32.2. The van der Waals surface area contributed by atoms with Crippen LogP contribution in [0.5, 0.6) is 0 Å². The van der Waals surface area contributed by atoms with Crippen LogP contribution in [0.3, 0.4) is 0 Å². The minimum absolute atomic E-state index is 0.0605. The van der Waals surface area contributed by atoms with Crippen LogP contribution in [-0.4, -0.2) is 53.5 Å². The summed E-state index contributed by atoms with van der Waals surface area (Å²) in [7, 11) is 4.25. The lowest BCUT2D eigenvalue weighted by atomic mass is 10.2. The van der Waals surface area contributed by atoms with E-state index in [0.717, 1.165) is 54.6 Å². The maximum absolute atomic E-state index is 12.1. The number of likely N-dealkylation sites (N-methyl/N-ethyl adjacent to an activating group) is 2. The van der Waals surface area contributed by atoms with E-state index in [-0.39, 0.29) is 11.6 Å². The zero-order valence-electron chi connectivity index (χ0n) is 11.5. The first-order chi connectivity index (χ1) is 9.15. The molecule has 1 saturated heterocycles. The summed E-state index contributed by atoms with van der Waals surface area (Å²) in [5, 5.41) is 0. The number of fused-ring (bicyclic) bond motifs is 1. The molecule has 1 N–H and O–H groups in total. The van der Waals surface area contributed by atoms with Gasteiger partial charge in [0.2, 0.25) is 0 Å². The molecule has 19 heavy (non-hydrogen) atoms.